The zero-order valence-electron chi connectivity index (χ0n) is 12.5. The quantitative estimate of drug-likeness (QED) is 0.267. The van der Waals surface area contributed by atoms with Gasteiger partial charge in [-0.3, -0.25) is 10.1 Å². The fourth-order valence-electron chi connectivity index (χ4n) is 1.79. The summed E-state index contributed by atoms with van der Waals surface area (Å²) in [7, 11) is 0. The molecule has 0 spiro atoms. The summed E-state index contributed by atoms with van der Waals surface area (Å²) in [5.74, 6) is 0.447. The van der Waals surface area contributed by atoms with Gasteiger partial charge in [-0.2, -0.15) is 0 Å². The first kappa shape index (κ1) is 16.2. The number of nitrogens with zero attached hydrogens (tertiary/aromatic N) is 1. The van der Waals surface area contributed by atoms with Crippen LogP contribution in [0.4, 0.5) is 5.69 Å². The molecule has 0 atom stereocenters. The highest BCUT2D eigenvalue weighted by molar-refractivity contribution is 5.88. The van der Waals surface area contributed by atoms with E-state index < -0.39 is 10.9 Å². The third kappa shape index (κ3) is 4.96. The lowest BCUT2D eigenvalue weighted by atomic mass is 10.2. The van der Waals surface area contributed by atoms with E-state index in [1.54, 1.807) is 6.08 Å². The van der Waals surface area contributed by atoms with Gasteiger partial charge in [0.2, 0.25) is 0 Å². The molecule has 2 aromatic carbocycles. The largest absolute Gasteiger partial charge is 0.494 e. The third-order valence-corrected chi connectivity index (χ3v) is 2.87. The molecular weight excluding hydrogens is 298 g/mol. The Morgan fingerprint density at radius 2 is 1.70 bits per heavy atom. The van der Waals surface area contributed by atoms with Gasteiger partial charge < -0.3 is 9.47 Å². The van der Waals surface area contributed by atoms with E-state index in [4.69, 9.17) is 9.47 Å². The molecule has 2 rings (SSSR count). The third-order valence-electron chi connectivity index (χ3n) is 2.87. The number of ether oxygens (including phenoxy) is 2. The van der Waals surface area contributed by atoms with Crippen LogP contribution >= 0.6 is 0 Å². The van der Waals surface area contributed by atoms with Crippen LogP contribution in [0.3, 0.4) is 0 Å². The van der Waals surface area contributed by atoms with Gasteiger partial charge in [-0.1, -0.05) is 12.1 Å². The van der Waals surface area contributed by atoms with Crippen LogP contribution in [0.15, 0.2) is 54.6 Å². The van der Waals surface area contributed by atoms with Crippen molar-refractivity contribution in [3.8, 4) is 11.5 Å². The Kier molecular flexibility index (Phi) is 5.46. The fourth-order valence-corrected chi connectivity index (χ4v) is 1.79. The van der Waals surface area contributed by atoms with E-state index in [2.05, 4.69) is 0 Å². The van der Waals surface area contributed by atoms with Gasteiger partial charge in [-0.15, -0.1) is 0 Å². The predicted octanol–water partition coefficient (Wildman–Crippen LogP) is 3.61. The fraction of sp³-hybridized carbons (Fsp3) is 0.118. The number of hydrogen-bond donors (Lipinski definition) is 0. The number of nitro groups is 1. The molecule has 0 N–H and O–H groups in total. The number of hydrogen-bond acceptors (Lipinski definition) is 5. The molecule has 0 aliphatic rings. The first-order chi connectivity index (χ1) is 11.1. The molecule has 6 heteroatoms. The van der Waals surface area contributed by atoms with E-state index in [9.17, 15) is 14.9 Å². The number of nitro benzene ring substituents is 1. The second-order valence-corrected chi connectivity index (χ2v) is 4.51. The van der Waals surface area contributed by atoms with Crippen molar-refractivity contribution >= 4 is 17.7 Å². The highest BCUT2D eigenvalue weighted by Gasteiger charge is 2.06. The van der Waals surface area contributed by atoms with Gasteiger partial charge in [0, 0.05) is 18.2 Å². The molecular formula is C17H15NO5. The van der Waals surface area contributed by atoms with Crippen LogP contribution in [-0.2, 0) is 4.79 Å². The zero-order chi connectivity index (χ0) is 16.7. The maximum Gasteiger partial charge on any atom is 0.336 e. The van der Waals surface area contributed by atoms with Gasteiger partial charge in [-0.25, -0.2) is 4.79 Å². The first-order valence-corrected chi connectivity index (χ1v) is 6.95. The van der Waals surface area contributed by atoms with Crippen molar-refractivity contribution in [2.24, 2.45) is 0 Å². The summed E-state index contributed by atoms with van der Waals surface area (Å²) in [5.41, 5.74) is 0.767. The topological polar surface area (TPSA) is 78.7 Å². The smallest absolute Gasteiger partial charge is 0.336 e. The predicted molar refractivity (Wildman–Crippen MR) is 85.4 cm³/mol. The molecule has 0 heterocycles. The van der Waals surface area contributed by atoms with Crippen molar-refractivity contribution in [1.29, 1.82) is 0 Å². The highest BCUT2D eigenvalue weighted by Crippen LogP contribution is 2.18. The van der Waals surface area contributed by atoms with Crippen LogP contribution in [0.1, 0.15) is 12.5 Å². The number of rotatable bonds is 6. The number of benzene rings is 2. The summed E-state index contributed by atoms with van der Waals surface area (Å²) in [4.78, 5) is 21.7. The number of carbonyl (C=O) groups excluding carboxylic acids is 1. The lowest BCUT2D eigenvalue weighted by Gasteiger charge is -2.02. The summed E-state index contributed by atoms with van der Waals surface area (Å²) >= 11 is 0. The van der Waals surface area contributed by atoms with Crippen molar-refractivity contribution in [3.05, 3.63) is 70.3 Å². The Hall–Kier alpha value is -3.15. The van der Waals surface area contributed by atoms with Crippen LogP contribution in [0, 0.1) is 10.1 Å². The summed E-state index contributed by atoms with van der Waals surface area (Å²) < 4.78 is 10.4. The molecule has 0 fully saturated rings. The van der Waals surface area contributed by atoms with Crippen molar-refractivity contribution in [2.75, 3.05) is 6.61 Å². The monoisotopic (exact) mass is 313 g/mol. The number of carbonyl (C=O) groups is 1. The second kappa shape index (κ2) is 7.74. The molecule has 0 saturated carbocycles. The Morgan fingerprint density at radius 1 is 1.09 bits per heavy atom. The minimum atomic E-state index is -0.562. The van der Waals surface area contributed by atoms with Crippen molar-refractivity contribution in [3.63, 3.8) is 0 Å². The van der Waals surface area contributed by atoms with Crippen LogP contribution in [0.5, 0.6) is 11.5 Å². The zero-order valence-corrected chi connectivity index (χ0v) is 12.5. The Balaban J connectivity index is 1.94. The number of esters is 1. The first-order valence-electron chi connectivity index (χ1n) is 6.95. The van der Waals surface area contributed by atoms with Crippen LogP contribution < -0.4 is 9.47 Å². The average Bonchev–Trinajstić information content (AvgIpc) is 2.55. The molecule has 0 aliphatic carbocycles. The van der Waals surface area contributed by atoms with E-state index in [0.29, 0.717) is 6.61 Å². The van der Waals surface area contributed by atoms with Crippen LogP contribution in [0.25, 0.3) is 6.08 Å². The molecule has 23 heavy (non-hydrogen) atoms. The van der Waals surface area contributed by atoms with Gasteiger partial charge in [-0.05, 0) is 42.8 Å². The lowest BCUT2D eigenvalue weighted by molar-refractivity contribution is -0.384. The summed E-state index contributed by atoms with van der Waals surface area (Å²) in [6, 6.07) is 12.6. The Bertz CT molecular complexity index is 705. The van der Waals surface area contributed by atoms with Gasteiger partial charge in [0.15, 0.2) is 0 Å². The minimum Gasteiger partial charge on any atom is -0.494 e. The van der Waals surface area contributed by atoms with E-state index in [0.717, 1.165) is 11.3 Å². The van der Waals surface area contributed by atoms with Crippen molar-refractivity contribution in [2.45, 2.75) is 6.92 Å². The van der Waals surface area contributed by atoms with Gasteiger partial charge in [0.1, 0.15) is 11.5 Å². The SMILES string of the molecule is CCOc1ccc(C=CC(=O)Oc2ccc([N+](=O)[O-])cc2)cc1. The summed E-state index contributed by atoms with van der Waals surface area (Å²) in [5, 5.41) is 10.5. The molecule has 0 aliphatic heterocycles. The standard InChI is InChI=1S/C17H15NO5/c1-2-22-15-8-3-13(4-9-15)5-12-17(19)23-16-10-6-14(7-11-16)18(20)21/h3-12H,2H2,1H3. The average molecular weight is 313 g/mol. The normalized spacial score (nSPS) is 10.5. The van der Waals surface area contributed by atoms with Crippen LogP contribution in [0.2, 0.25) is 0 Å². The Morgan fingerprint density at radius 3 is 2.26 bits per heavy atom. The second-order valence-electron chi connectivity index (χ2n) is 4.51. The molecule has 0 bridgehead atoms. The molecule has 0 unspecified atom stereocenters. The Labute approximate surface area is 133 Å². The summed E-state index contributed by atoms with van der Waals surface area (Å²) in [6.07, 6.45) is 2.90. The molecule has 0 saturated heterocycles. The van der Waals surface area contributed by atoms with E-state index >= 15 is 0 Å². The molecule has 6 nitrogen and oxygen atoms in total. The molecule has 0 aromatic heterocycles. The molecule has 118 valence electrons. The van der Waals surface area contributed by atoms with Gasteiger partial charge >= 0.3 is 5.97 Å². The molecule has 0 radical (unpaired) electrons. The maximum absolute atomic E-state index is 11.7. The van der Waals surface area contributed by atoms with E-state index in [-0.39, 0.29) is 11.4 Å². The van der Waals surface area contributed by atoms with Crippen LogP contribution in [-0.4, -0.2) is 17.5 Å². The summed E-state index contributed by atoms with van der Waals surface area (Å²) in [6.45, 7) is 2.50. The lowest BCUT2D eigenvalue weighted by Crippen LogP contribution is -2.03. The van der Waals surface area contributed by atoms with Gasteiger partial charge in [0.05, 0.1) is 11.5 Å². The van der Waals surface area contributed by atoms with E-state index in [1.165, 1.54) is 30.3 Å². The van der Waals surface area contributed by atoms with Crippen molar-refractivity contribution in [1.82, 2.24) is 0 Å². The van der Waals surface area contributed by atoms with Gasteiger partial charge in [0.25, 0.3) is 5.69 Å². The maximum atomic E-state index is 11.7. The van der Waals surface area contributed by atoms with Crippen molar-refractivity contribution < 1.29 is 19.2 Å². The number of non-ortho nitro benzene ring substituents is 1. The minimum absolute atomic E-state index is 0.0604. The molecule has 0 amide bonds. The highest BCUT2D eigenvalue weighted by atomic mass is 16.6. The van der Waals surface area contributed by atoms with E-state index in [1.807, 2.05) is 31.2 Å². The molecule has 2 aromatic rings.